The Bertz CT molecular complexity index is 494. The second-order valence-electron chi connectivity index (χ2n) is 5.88. The van der Waals surface area contributed by atoms with Crippen LogP contribution in [0.1, 0.15) is 17.4 Å². The third-order valence-electron chi connectivity index (χ3n) is 3.32. The van der Waals surface area contributed by atoms with Crippen molar-refractivity contribution in [2.75, 3.05) is 19.9 Å². The molecule has 0 spiro atoms. The third kappa shape index (κ3) is 2.92. The van der Waals surface area contributed by atoms with Gasteiger partial charge in [-0.15, -0.1) is 0 Å². The number of halogens is 3. The van der Waals surface area contributed by atoms with Crippen molar-refractivity contribution in [1.29, 1.82) is 0 Å². The van der Waals surface area contributed by atoms with Crippen LogP contribution in [0.3, 0.4) is 0 Å². The van der Waals surface area contributed by atoms with Crippen LogP contribution in [-0.4, -0.2) is 28.0 Å². The van der Waals surface area contributed by atoms with Gasteiger partial charge in [-0.1, -0.05) is 19.6 Å². The van der Waals surface area contributed by atoms with Crippen molar-refractivity contribution in [3.63, 3.8) is 0 Å². The predicted molar refractivity (Wildman–Crippen MR) is 73.7 cm³/mol. The van der Waals surface area contributed by atoms with Crippen LogP contribution in [0.15, 0.2) is 6.07 Å². The summed E-state index contributed by atoms with van der Waals surface area (Å²) in [5.41, 5.74) is 0.454. The van der Waals surface area contributed by atoms with E-state index >= 15 is 0 Å². The SMILES string of the molecule is C[Si](C)(C)c1c(F)cc(C2OCCO2)c(CCF)c1F. The van der Waals surface area contributed by atoms with Crippen molar-refractivity contribution in [3.05, 3.63) is 28.8 Å². The molecule has 0 bridgehead atoms. The smallest absolute Gasteiger partial charge is 0.184 e. The topological polar surface area (TPSA) is 18.5 Å². The molecule has 112 valence electrons. The molecule has 1 aliphatic rings. The van der Waals surface area contributed by atoms with E-state index in [0.717, 1.165) is 0 Å². The van der Waals surface area contributed by atoms with Gasteiger partial charge in [-0.2, -0.15) is 0 Å². The Balaban J connectivity index is 2.58. The van der Waals surface area contributed by atoms with Gasteiger partial charge in [0, 0.05) is 17.2 Å². The van der Waals surface area contributed by atoms with Crippen LogP contribution in [0.4, 0.5) is 13.2 Å². The van der Waals surface area contributed by atoms with Gasteiger partial charge >= 0.3 is 0 Å². The van der Waals surface area contributed by atoms with E-state index in [9.17, 15) is 13.2 Å². The van der Waals surface area contributed by atoms with Gasteiger partial charge in [-0.05, 0) is 11.6 Å². The van der Waals surface area contributed by atoms with Crippen molar-refractivity contribution >= 4 is 13.3 Å². The molecule has 0 aliphatic carbocycles. The Hall–Kier alpha value is -0.853. The van der Waals surface area contributed by atoms with E-state index in [1.54, 1.807) is 0 Å². The highest BCUT2D eigenvalue weighted by molar-refractivity contribution is 6.88. The quantitative estimate of drug-likeness (QED) is 0.796. The lowest BCUT2D eigenvalue weighted by Gasteiger charge is -2.23. The van der Waals surface area contributed by atoms with Gasteiger partial charge in [0.05, 0.1) is 28.0 Å². The van der Waals surface area contributed by atoms with Crippen LogP contribution in [-0.2, 0) is 15.9 Å². The van der Waals surface area contributed by atoms with E-state index in [-0.39, 0.29) is 22.7 Å². The molecule has 1 heterocycles. The summed E-state index contributed by atoms with van der Waals surface area (Å²) in [6.45, 7) is 5.62. The Labute approximate surface area is 117 Å². The minimum absolute atomic E-state index is 0.0951. The molecule has 1 aromatic carbocycles. The van der Waals surface area contributed by atoms with Crippen LogP contribution in [0, 0.1) is 11.6 Å². The summed E-state index contributed by atoms with van der Waals surface area (Å²) in [5, 5.41) is 0.114. The molecule has 0 N–H and O–H groups in total. The van der Waals surface area contributed by atoms with Crippen molar-refractivity contribution in [1.82, 2.24) is 0 Å². The number of hydrogen-bond acceptors (Lipinski definition) is 2. The summed E-state index contributed by atoms with van der Waals surface area (Å²) < 4.78 is 52.2. The maximum Gasteiger partial charge on any atom is 0.184 e. The van der Waals surface area contributed by atoms with Crippen LogP contribution < -0.4 is 5.19 Å². The van der Waals surface area contributed by atoms with Gasteiger partial charge in [-0.25, -0.2) is 8.78 Å². The lowest BCUT2D eigenvalue weighted by atomic mass is 10.0. The normalized spacial score (nSPS) is 16.9. The molecule has 1 saturated heterocycles. The Morgan fingerprint density at radius 1 is 1.20 bits per heavy atom. The van der Waals surface area contributed by atoms with Crippen molar-refractivity contribution in [2.24, 2.45) is 0 Å². The summed E-state index contributed by atoms with van der Waals surface area (Å²) in [5.74, 6) is -1.21. The fraction of sp³-hybridized carbons (Fsp3) is 0.571. The molecule has 1 aliphatic heterocycles. The monoisotopic (exact) mass is 304 g/mol. The zero-order valence-electron chi connectivity index (χ0n) is 11.9. The fourth-order valence-corrected chi connectivity index (χ4v) is 4.06. The first kappa shape index (κ1) is 15.5. The lowest BCUT2D eigenvalue weighted by Crippen LogP contribution is -2.43. The number of hydrogen-bond donors (Lipinski definition) is 0. The second kappa shape index (κ2) is 5.87. The zero-order chi connectivity index (χ0) is 14.9. The largest absolute Gasteiger partial charge is 0.346 e. The predicted octanol–water partition coefficient (Wildman–Crippen LogP) is 3.07. The summed E-state index contributed by atoms with van der Waals surface area (Å²) in [4.78, 5) is 0. The van der Waals surface area contributed by atoms with E-state index in [1.807, 2.05) is 19.6 Å². The second-order valence-corrected chi connectivity index (χ2v) is 10.9. The highest BCUT2D eigenvalue weighted by Gasteiger charge is 2.31. The molecule has 0 radical (unpaired) electrons. The van der Waals surface area contributed by atoms with Crippen molar-refractivity contribution in [3.8, 4) is 0 Å². The molecule has 2 rings (SSSR count). The fourth-order valence-electron chi connectivity index (χ4n) is 2.46. The summed E-state index contributed by atoms with van der Waals surface area (Å²) in [7, 11) is -2.20. The zero-order valence-corrected chi connectivity index (χ0v) is 12.9. The van der Waals surface area contributed by atoms with Gasteiger partial charge in [0.1, 0.15) is 11.6 Å². The van der Waals surface area contributed by atoms with E-state index < -0.39 is 32.7 Å². The number of benzene rings is 1. The minimum atomic E-state index is -2.20. The van der Waals surface area contributed by atoms with Crippen molar-refractivity contribution in [2.45, 2.75) is 32.4 Å². The van der Waals surface area contributed by atoms with E-state index in [1.165, 1.54) is 6.07 Å². The van der Waals surface area contributed by atoms with Crippen molar-refractivity contribution < 1.29 is 22.6 Å². The molecule has 6 heteroatoms. The lowest BCUT2D eigenvalue weighted by molar-refractivity contribution is -0.0451. The Kier molecular flexibility index (Phi) is 4.56. The molecule has 2 nitrogen and oxygen atoms in total. The first-order valence-corrected chi connectivity index (χ1v) is 10.2. The molecule has 0 atom stereocenters. The Morgan fingerprint density at radius 2 is 1.80 bits per heavy atom. The summed E-state index contributed by atoms with van der Waals surface area (Å²) in [6, 6.07) is 1.25. The molecule has 0 unspecified atom stereocenters. The Morgan fingerprint density at radius 3 is 2.30 bits per heavy atom. The number of ether oxygens (including phenoxy) is 2. The molecular formula is C14H19F3O2Si. The van der Waals surface area contributed by atoms with E-state index in [4.69, 9.17) is 9.47 Å². The first-order valence-electron chi connectivity index (χ1n) is 6.66. The molecule has 1 fully saturated rings. The maximum absolute atomic E-state index is 14.6. The molecule has 1 aromatic rings. The molecule has 0 amide bonds. The summed E-state index contributed by atoms with van der Waals surface area (Å²) >= 11 is 0. The van der Waals surface area contributed by atoms with E-state index in [2.05, 4.69) is 0 Å². The molecular weight excluding hydrogens is 285 g/mol. The van der Waals surface area contributed by atoms with Gasteiger partial charge in [-0.3, -0.25) is 4.39 Å². The highest BCUT2D eigenvalue weighted by atomic mass is 28.3. The number of alkyl halides is 1. The van der Waals surface area contributed by atoms with E-state index in [0.29, 0.717) is 13.2 Å². The van der Waals surface area contributed by atoms with Crippen LogP contribution in [0.5, 0.6) is 0 Å². The number of rotatable bonds is 4. The molecule has 0 saturated carbocycles. The van der Waals surface area contributed by atoms with Gasteiger partial charge < -0.3 is 9.47 Å². The van der Waals surface area contributed by atoms with Gasteiger partial charge in [0.15, 0.2) is 6.29 Å². The van der Waals surface area contributed by atoms with Gasteiger partial charge in [0.25, 0.3) is 0 Å². The average molecular weight is 304 g/mol. The first-order chi connectivity index (χ1) is 9.36. The molecule has 0 aromatic heterocycles. The average Bonchev–Trinajstić information content (AvgIpc) is 2.84. The highest BCUT2D eigenvalue weighted by Crippen LogP contribution is 2.29. The minimum Gasteiger partial charge on any atom is -0.346 e. The summed E-state index contributed by atoms with van der Waals surface area (Å²) in [6.07, 6.45) is -0.890. The van der Waals surface area contributed by atoms with Gasteiger partial charge in [0.2, 0.25) is 0 Å². The maximum atomic E-state index is 14.6. The van der Waals surface area contributed by atoms with Crippen LogP contribution in [0.25, 0.3) is 0 Å². The van der Waals surface area contributed by atoms with Crippen LogP contribution >= 0.6 is 0 Å². The standard InChI is InChI=1S/C14H19F3O2Si/c1-20(2,3)13-11(16)8-10(14-18-6-7-19-14)9(4-5-15)12(13)17/h8,14H,4-7H2,1-3H3. The third-order valence-corrected chi connectivity index (χ3v) is 5.28. The molecule has 20 heavy (non-hydrogen) atoms. The van der Waals surface area contributed by atoms with Crippen LogP contribution in [0.2, 0.25) is 19.6 Å².